The van der Waals surface area contributed by atoms with E-state index in [1.54, 1.807) is 16.4 Å². The lowest BCUT2D eigenvalue weighted by atomic mass is 10.2. The molecule has 3 rings (SSSR count). The number of halogens is 2. The average Bonchev–Trinajstić information content (AvgIpc) is 2.55. The summed E-state index contributed by atoms with van der Waals surface area (Å²) in [6, 6.07) is 12.0. The molecule has 142 valence electrons. The van der Waals surface area contributed by atoms with Crippen LogP contribution in [-0.4, -0.2) is 43.8 Å². The number of nitrogens with zero attached hydrogens (tertiary/aromatic N) is 2. The van der Waals surface area contributed by atoms with E-state index >= 15 is 0 Å². The maximum absolute atomic E-state index is 13.3. The molecule has 1 fully saturated rings. The summed E-state index contributed by atoms with van der Waals surface area (Å²) < 4.78 is 40.6. The summed E-state index contributed by atoms with van der Waals surface area (Å²) >= 11 is 0. The highest BCUT2D eigenvalue weighted by atomic mass is 35.5. The molecule has 0 aromatic heterocycles. The maximum atomic E-state index is 13.3. The van der Waals surface area contributed by atoms with Gasteiger partial charge in [-0.2, -0.15) is 4.31 Å². The van der Waals surface area contributed by atoms with Crippen molar-refractivity contribution >= 4 is 10.0 Å². The quantitative estimate of drug-likeness (QED) is 0.726. The van der Waals surface area contributed by atoms with E-state index in [2.05, 4.69) is 4.90 Å². The molecule has 0 amide bonds. The number of sulfonamides is 1. The molecule has 0 saturated carbocycles. The molecule has 1 aliphatic rings. The molecule has 4 nitrogen and oxygen atoms in total. The summed E-state index contributed by atoms with van der Waals surface area (Å²) in [5, 5.41) is 0. The Hall–Kier alpha value is -1.47. The van der Waals surface area contributed by atoms with Crippen molar-refractivity contribution in [2.24, 2.45) is 0 Å². The van der Waals surface area contributed by atoms with E-state index in [0.717, 1.165) is 16.7 Å². The van der Waals surface area contributed by atoms with Crippen molar-refractivity contribution in [2.45, 2.75) is 25.3 Å². The third-order valence-corrected chi connectivity index (χ3v) is 6.63. The van der Waals surface area contributed by atoms with Gasteiger partial charge in [-0.25, -0.2) is 12.8 Å². The molecule has 26 heavy (non-hydrogen) atoms. The van der Waals surface area contributed by atoms with Crippen LogP contribution in [0.25, 0.3) is 0 Å². The SMILES string of the molecule is Cc1ccc(S(=O)(=O)N2CCN(Cc3cccc(F)c3)CC2)c(C)c1.[Cl-]. The Labute approximate surface area is 161 Å². The van der Waals surface area contributed by atoms with Gasteiger partial charge in [-0.15, -0.1) is 0 Å². The molecule has 0 radical (unpaired) electrons. The van der Waals surface area contributed by atoms with E-state index in [9.17, 15) is 12.8 Å². The van der Waals surface area contributed by atoms with E-state index in [1.807, 2.05) is 32.0 Å². The zero-order chi connectivity index (χ0) is 18.0. The molecular formula is C19H23ClFN2O2S-. The molecule has 0 bridgehead atoms. The lowest BCUT2D eigenvalue weighted by Gasteiger charge is -2.34. The first-order valence-corrected chi connectivity index (χ1v) is 9.84. The largest absolute Gasteiger partial charge is 1.00 e. The van der Waals surface area contributed by atoms with Gasteiger partial charge >= 0.3 is 0 Å². The minimum Gasteiger partial charge on any atom is -1.00 e. The molecule has 7 heteroatoms. The summed E-state index contributed by atoms with van der Waals surface area (Å²) in [6.45, 7) is 6.60. The van der Waals surface area contributed by atoms with Gasteiger partial charge in [0.15, 0.2) is 0 Å². The summed E-state index contributed by atoms with van der Waals surface area (Å²) in [6.07, 6.45) is 0. The van der Waals surface area contributed by atoms with Crippen LogP contribution >= 0.6 is 0 Å². The fourth-order valence-electron chi connectivity index (χ4n) is 3.25. The third kappa shape index (κ3) is 4.62. The first kappa shape index (κ1) is 20.8. The van der Waals surface area contributed by atoms with E-state index in [1.165, 1.54) is 12.1 Å². The highest BCUT2D eigenvalue weighted by molar-refractivity contribution is 7.89. The van der Waals surface area contributed by atoms with Crippen LogP contribution in [0.1, 0.15) is 16.7 Å². The predicted molar refractivity (Wildman–Crippen MR) is 96.4 cm³/mol. The first-order chi connectivity index (χ1) is 11.9. The molecular weight excluding hydrogens is 375 g/mol. The standard InChI is InChI=1S/C19H23FN2O2S.ClH/c1-15-6-7-19(16(2)12-15)25(23,24)22-10-8-21(9-11-22)14-17-4-3-5-18(20)13-17;/h3-7,12-13H,8-11,14H2,1-2H3;1H/p-1. The van der Waals surface area contributed by atoms with Crippen molar-refractivity contribution in [3.8, 4) is 0 Å². The van der Waals surface area contributed by atoms with Crippen molar-refractivity contribution in [2.75, 3.05) is 26.2 Å². The minimum absolute atomic E-state index is 0. The molecule has 2 aromatic rings. The zero-order valence-electron chi connectivity index (χ0n) is 15.0. The van der Waals surface area contributed by atoms with Crippen molar-refractivity contribution in [1.29, 1.82) is 0 Å². The molecule has 1 saturated heterocycles. The molecule has 0 atom stereocenters. The topological polar surface area (TPSA) is 40.6 Å². The lowest BCUT2D eigenvalue weighted by molar-refractivity contribution is -0.00000862. The van der Waals surface area contributed by atoms with E-state index < -0.39 is 10.0 Å². The van der Waals surface area contributed by atoms with Crippen LogP contribution in [0.15, 0.2) is 47.4 Å². The first-order valence-electron chi connectivity index (χ1n) is 8.40. The van der Waals surface area contributed by atoms with Gasteiger partial charge in [0.25, 0.3) is 0 Å². The van der Waals surface area contributed by atoms with Gasteiger partial charge in [0, 0.05) is 32.7 Å². The van der Waals surface area contributed by atoms with Gasteiger partial charge < -0.3 is 12.4 Å². The summed E-state index contributed by atoms with van der Waals surface area (Å²) in [5.41, 5.74) is 2.74. The van der Waals surface area contributed by atoms with Gasteiger partial charge in [-0.3, -0.25) is 4.90 Å². The monoisotopic (exact) mass is 397 g/mol. The zero-order valence-corrected chi connectivity index (χ0v) is 16.5. The summed E-state index contributed by atoms with van der Waals surface area (Å²) in [5.74, 6) is -0.242. The maximum Gasteiger partial charge on any atom is 0.243 e. The molecule has 1 heterocycles. The Morgan fingerprint density at radius 3 is 2.31 bits per heavy atom. The predicted octanol–water partition coefficient (Wildman–Crippen LogP) is -0.0470. The number of hydrogen-bond donors (Lipinski definition) is 0. The van der Waals surface area contributed by atoms with Crippen LogP contribution < -0.4 is 12.4 Å². The fourth-order valence-corrected chi connectivity index (χ4v) is 4.88. The number of piperazine rings is 1. The van der Waals surface area contributed by atoms with Gasteiger partial charge in [0.2, 0.25) is 10.0 Å². The smallest absolute Gasteiger partial charge is 0.243 e. The molecule has 0 aliphatic carbocycles. The van der Waals surface area contributed by atoms with Crippen molar-refractivity contribution < 1.29 is 25.2 Å². The van der Waals surface area contributed by atoms with E-state index in [-0.39, 0.29) is 18.2 Å². The Balaban J connectivity index is 0.00000243. The van der Waals surface area contributed by atoms with Crippen LogP contribution in [0.4, 0.5) is 4.39 Å². The molecule has 2 aromatic carbocycles. The van der Waals surface area contributed by atoms with Gasteiger partial charge in [-0.1, -0.05) is 29.8 Å². The Bertz CT molecular complexity index is 866. The van der Waals surface area contributed by atoms with Crippen LogP contribution in [-0.2, 0) is 16.6 Å². The van der Waals surface area contributed by atoms with Gasteiger partial charge in [0.1, 0.15) is 5.82 Å². The number of benzene rings is 2. The highest BCUT2D eigenvalue weighted by Crippen LogP contribution is 2.22. The van der Waals surface area contributed by atoms with Crippen LogP contribution in [0.5, 0.6) is 0 Å². The fraction of sp³-hybridized carbons (Fsp3) is 0.368. The van der Waals surface area contributed by atoms with Crippen molar-refractivity contribution in [1.82, 2.24) is 9.21 Å². The van der Waals surface area contributed by atoms with E-state index in [0.29, 0.717) is 37.6 Å². The highest BCUT2D eigenvalue weighted by Gasteiger charge is 2.29. The Kier molecular flexibility index (Phi) is 6.80. The number of aryl methyl sites for hydroxylation is 2. The van der Waals surface area contributed by atoms with E-state index in [4.69, 9.17) is 0 Å². The van der Waals surface area contributed by atoms with Gasteiger partial charge in [0.05, 0.1) is 4.90 Å². The van der Waals surface area contributed by atoms with Crippen LogP contribution in [0.3, 0.4) is 0 Å². The summed E-state index contributed by atoms with van der Waals surface area (Å²) in [7, 11) is -3.47. The molecule has 0 unspecified atom stereocenters. The normalized spacial score (nSPS) is 16.3. The molecule has 0 N–H and O–H groups in total. The Morgan fingerprint density at radius 1 is 1.00 bits per heavy atom. The van der Waals surface area contributed by atoms with Crippen LogP contribution in [0.2, 0.25) is 0 Å². The second-order valence-corrected chi connectivity index (χ2v) is 8.49. The Morgan fingerprint density at radius 2 is 1.69 bits per heavy atom. The molecule has 1 aliphatic heterocycles. The van der Waals surface area contributed by atoms with Gasteiger partial charge in [-0.05, 0) is 43.2 Å². The summed E-state index contributed by atoms with van der Waals surface area (Å²) in [4.78, 5) is 2.54. The van der Waals surface area contributed by atoms with Crippen molar-refractivity contribution in [3.05, 3.63) is 65.0 Å². The third-order valence-electron chi connectivity index (χ3n) is 4.57. The lowest BCUT2D eigenvalue weighted by Crippen LogP contribution is -3.00. The number of rotatable bonds is 4. The minimum atomic E-state index is -3.47. The van der Waals surface area contributed by atoms with Crippen molar-refractivity contribution in [3.63, 3.8) is 0 Å². The molecule has 0 spiro atoms. The van der Waals surface area contributed by atoms with Crippen LogP contribution in [0, 0.1) is 19.7 Å². The number of hydrogen-bond acceptors (Lipinski definition) is 3. The average molecular weight is 398 g/mol. The second kappa shape index (κ2) is 8.48. The second-order valence-electron chi connectivity index (χ2n) is 6.58.